The maximum atomic E-state index is 12.6. The summed E-state index contributed by atoms with van der Waals surface area (Å²) in [7, 11) is -3.80. The minimum absolute atomic E-state index is 0.179. The van der Waals surface area contributed by atoms with Crippen LogP contribution in [0, 0.1) is 13.8 Å². The van der Waals surface area contributed by atoms with Crippen molar-refractivity contribution in [1.29, 1.82) is 0 Å². The molecule has 1 amide bonds. The van der Waals surface area contributed by atoms with Crippen LogP contribution in [-0.4, -0.2) is 27.2 Å². The second-order valence-corrected chi connectivity index (χ2v) is 8.20. The number of ether oxygens (including phenoxy) is 2. The number of amides is 1. The molecule has 0 spiro atoms. The molecule has 0 unspecified atom stereocenters. The van der Waals surface area contributed by atoms with Crippen molar-refractivity contribution in [1.82, 2.24) is 10.0 Å². The van der Waals surface area contributed by atoms with Crippen molar-refractivity contribution >= 4 is 15.9 Å². The molecule has 1 aliphatic rings. The summed E-state index contributed by atoms with van der Waals surface area (Å²) in [6.45, 7) is 5.49. The average molecular weight is 390 g/mol. The zero-order valence-electron chi connectivity index (χ0n) is 15.4. The third-order valence-electron chi connectivity index (χ3n) is 4.26. The quantitative estimate of drug-likeness (QED) is 0.787. The highest BCUT2D eigenvalue weighted by molar-refractivity contribution is 7.89. The third-order valence-corrected chi connectivity index (χ3v) is 5.94. The van der Waals surface area contributed by atoms with Crippen LogP contribution in [0.3, 0.4) is 0 Å². The van der Waals surface area contributed by atoms with Gasteiger partial charge in [0.05, 0.1) is 10.9 Å². The monoisotopic (exact) mass is 390 g/mol. The Morgan fingerprint density at radius 3 is 2.63 bits per heavy atom. The Morgan fingerprint density at radius 1 is 1.11 bits per heavy atom. The molecule has 8 heteroatoms. The summed E-state index contributed by atoms with van der Waals surface area (Å²) < 4.78 is 38.2. The second kappa shape index (κ2) is 7.58. The van der Waals surface area contributed by atoms with E-state index < -0.39 is 22.0 Å². The SMILES string of the molecule is Cc1ccc(C)c(S(=O)(=O)N[C@@H](C)C(=O)NCc2ccc3c(c2)OCO3)c1. The van der Waals surface area contributed by atoms with Gasteiger partial charge in [-0.05, 0) is 55.7 Å². The molecule has 2 aromatic carbocycles. The van der Waals surface area contributed by atoms with E-state index in [4.69, 9.17) is 9.47 Å². The molecule has 2 aromatic rings. The lowest BCUT2D eigenvalue weighted by atomic mass is 10.2. The number of rotatable bonds is 6. The first-order valence-electron chi connectivity index (χ1n) is 8.52. The number of aryl methyl sites for hydroxylation is 2. The molecular weight excluding hydrogens is 368 g/mol. The predicted octanol–water partition coefficient (Wildman–Crippen LogP) is 2.02. The highest BCUT2D eigenvalue weighted by atomic mass is 32.2. The van der Waals surface area contributed by atoms with Crippen molar-refractivity contribution in [3.63, 3.8) is 0 Å². The molecule has 1 atom stereocenters. The van der Waals surface area contributed by atoms with E-state index in [1.807, 2.05) is 19.1 Å². The van der Waals surface area contributed by atoms with Gasteiger partial charge in [0.2, 0.25) is 22.7 Å². The normalized spacial score (nSPS) is 14.0. The molecule has 0 fully saturated rings. The Bertz CT molecular complexity index is 972. The number of nitrogens with one attached hydrogen (secondary N) is 2. The highest BCUT2D eigenvalue weighted by Gasteiger charge is 2.23. The minimum atomic E-state index is -3.80. The summed E-state index contributed by atoms with van der Waals surface area (Å²) in [5, 5.41) is 2.73. The first-order valence-corrected chi connectivity index (χ1v) is 10.0. The lowest BCUT2D eigenvalue weighted by Gasteiger charge is -2.16. The molecule has 1 heterocycles. The first kappa shape index (κ1) is 19.2. The van der Waals surface area contributed by atoms with Gasteiger partial charge in [-0.2, -0.15) is 4.72 Å². The fourth-order valence-electron chi connectivity index (χ4n) is 2.74. The maximum Gasteiger partial charge on any atom is 0.241 e. The maximum absolute atomic E-state index is 12.6. The summed E-state index contributed by atoms with van der Waals surface area (Å²) in [5.74, 6) is 0.881. The van der Waals surface area contributed by atoms with Gasteiger partial charge in [0.25, 0.3) is 0 Å². The van der Waals surface area contributed by atoms with Crippen molar-refractivity contribution in [2.45, 2.75) is 38.3 Å². The Labute approximate surface area is 158 Å². The van der Waals surface area contributed by atoms with Gasteiger partial charge in [-0.25, -0.2) is 8.42 Å². The van der Waals surface area contributed by atoms with Crippen LogP contribution in [0.25, 0.3) is 0 Å². The van der Waals surface area contributed by atoms with Crippen LogP contribution in [-0.2, 0) is 21.4 Å². The fraction of sp³-hybridized carbons (Fsp3) is 0.316. The smallest absolute Gasteiger partial charge is 0.241 e. The van der Waals surface area contributed by atoms with Gasteiger partial charge in [0, 0.05) is 6.54 Å². The van der Waals surface area contributed by atoms with Gasteiger partial charge in [-0.1, -0.05) is 18.2 Å². The number of hydrogen-bond donors (Lipinski definition) is 2. The lowest BCUT2D eigenvalue weighted by Crippen LogP contribution is -2.44. The van der Waals surface area contributed by atoms with Gasteiger partial charge in [-0.15, -0.1) is 0 Å². The molecule has 0 radical (unpaired) electrons. The average Bonchev–Trinajstić information content (AvgIpc) is 3.09. The molecule has 0 aromatic heterocycles. The number of hydrogen-bond acceptors (Lipinski definition) is 5. The number of carbonyl (C=O) groups is 1. The van der Waals surface area contributed by atoms with E-state index in [2.05, 4.69) is 10.0 Å². The Kier molecular flexibility index (Phi) is 5.38. The molecule has 7 nitrogen and oxygen atoms in total. The number of benzene rings is 2. The summed E-state index contributed by atoms with van der Waals surface area (Å²) in [6, 6.07) is 9.64. The number of fused-ring (bicyclic) bond motifs is 1. The van der Waals surface area contributed by atoms with Crippen LogP contribution >= 0.6 is 0 Å². The number of sulfonamides is 1. The molecular formula is C19H22N2O5S. The standard InChI is InChI=1S/C19H22N2O5S/c1-12-4-5-13(2)18(8-12)27(23,24)21-14(3)19(22)20-10-15-6-7-16-17(9-15)26-11-25-16/h4-9,14,21H,10-11H2,1-3H3,(H,20,22)/t14-/m0/s1. The van der Waals surface area contributed by atoms with Crippen LogP contribution in [0.4, 0.5) is 0 Å². The van der Waals surface area contributed by atoms with E-state index in [0.29, 0.717) is 17.1 Å². The highest BCUT2D eigenvalue weighted by Crippen LogP contribution is 2.32. The van der Waals surface area contributed by atoms with Crippen LogP contribution in [0.15, 0.2) is 41.3 Å². The lowest BCUT2D eigenvalue weighted by molar-refractivity contribution is -0.122. The van der Waals surface area contributed by atoms with Crippen molar-refractivity contribution in [2.24, 2.45) is 0 Å². The van der Waals surface area contributed by atoms with E-state index >= 15 is 0 Å². The van der Waals surface area contributed by atoms with Crippen LogP contribution < -0.4 is 19.5 Å². The summed E-state index contributed by atoms with van der Waals surface area (Å²) in [4.78, 5) is 12.5. The van der Waals surface area contributed by atoms with Gasteiger partial charge in [0.15, 0.2) is 11.5 Å². The van der Waals surface area contributed by atoms with Crippen molar-refractivity contribution in [2.75, 3.05) is 6.79 Å². The molecule has 0 aliphatic carbocycles. The molecule has 2 N–H and O–H groups in total. The molecule has 27 heavy (non-hydrogen) atoms. The third kappa shape index (κ3) is 4.40. The van der Waals surface area contributed by atoms with Crippen molar-refractivity contribution in [3.05, 3.63) is 53.1 Å². The summed E-state index contributed by atoms with van der Waals surface area (Å²) >= 11 is 0. The fourth-order valence-corrected chi connectivity index (χ4v) is 4.27. The van der Waals surface area contributed by atoms with E-state index in [1.54, 1.807) is 31.2 Å². The van der Waals surface area contributed by atoms with E-state index in [1.165, 1.54) is 6.92 Å². The molecule has 1 aliphatic heterocycles. The molecule has 144 valence electrons. The van der Waals surface area contributed by atoms with Crippen LogP contribution in [0.5, 0.6) is 11.5 Å². The van der Waals surface area contributed by atoms with Crippen LogP contribution in [0.2, 0.25) is 0 Å². The largest absolute Gasteiger partial charge is 0.454 e. The van der Waals surface area contributed by atoms with E-state index in [9.17, 15) is 13.2 Å². The molecule has 0 saturated heterocycles. The Morgan fingerprint density at radius 2 is 1.85 bits per heavy atom. The first-order chi connectivity index (χ1) is 12.8. The van der Waals surface area contributed by atoms with Gasteiger partial charge in [0.1, 0.15) is 0 Å². The van der Waals surface area contributed by atoms with Gasteiger partial charge < -0.3 is 14.8 Å². The zero-order valence-corrected chi connectivity index (χ0v) is 16.2. The van der Waals surface area contributed by atoms with Crippen molar-refractivity contribution in [3.8, 4) is 11.5 Å². The number of carbonyl (C=O) groups excluding carboxylic acids is 1. The Balaban J connectivity index is 1.62. The summed E-state index contributed by atoms with van der Waals surface area (Å²) in [6.07, 6.45) is 0. The molecule has 0 saturated carbocycles. The van der Waals surface area contributed by atoms with Crippen LogP contribution in [0.1, 0.15) is 23.6 Å². The van der Waals surface area contributed by atoms with Crippen molar-refractivity contribution < 1.29 is 22.7 Å². The van der Waals surface area contributed by atoms with E-state index in [0.717, 1.165) is 11.1 Å². The molecule has 0 bridgehead atoms. The second-order valence-electron chi connectivity index (χ2n) is 6.52. The zero-order chi connectivity index (χ0) is 19.6. The Hall–Kier alpha value is -2.58. The molecule has 3 rings (SSSR count). The minimum Gasteiger partial charge on any atom is -0.454 e. The van der Waals surface area contributed by atoms with Gasteiger partial charge in [-0.3, -0.25) is 4.79 Å². The predicted molar refractivity (Wildman–Crippen MR) is 100 cm³/mol. The summed E-state index contributed by atoms with van der Waals surface area (Å²) in [5.41, 5.74) is 2.29. The van der Waals surface area contributed by atoms with Gasteiger partial charge >= 0.3 is 0 Å². The topological polar surface area (TPSA) is 93.7 Å². The van der Waals surface area contributed by atoms with E-state index in [-0.39, 0.29) is 18.2 Å².